The van der Waals surface area contributed by atoms with Crippen LogP contribution in [-0.2, 0) is 0 Å². The Balaban J connectivity index is 2.11. The van der Waals surface area contributed by atoms with Crippen LogP contribution in [0.25, 0.3) is 0 Å². The van der Waals surface area contributed by atoms with Gasteiger partial charge in [0.25, 0.3) is 0 Å². The van der Waals surface area contributed by atoms with Gasteiger partial charge in [0, 0.05) is 17.0 Å². The molecule has 0 aromatic rings. The van der Waals surface area contributed by atoms with Gasteiger partial charge >= 0.3 is 0 Å². The number of hydrogen-bond acceptors (Lipinski definition) is 3. The summed E-state index contributed by atoms with van der Waals surface area (Å²) in [5.74, 6) is 7.59. The van der Waals surface area contributed by atoms with Crippen molar-refractivity contribution in [3.8, 4) is 0 Å². The molecule has 16 heavy (non-hydrogen) atoms. The average molecular weight is 244 g/mol. The normalized spacial score (nSPS) is 20.2. The summed E-state index contributed by atoms with van der Waals surface area (Å²) < 4.78 is 0. The molecule has 0 aromatic carbocycles. The third-order valence-corrected chi connectivity index (χ3v) is 4.95. The van der Waals surface area contributed by atoms with Crippen LogP contribution in [0.15, 0.2) is 0 Å². The van der Waals surface area contributed by atoms with E-state index in [-0.39, 0.29) is 0 Å². The van der Waals surface area contributed by atoms with Crippen molar-refractivity contribution >= 4 is 11.8 Å². The summed E-state index contributed by atoms with van der Waals surface area (Å²) in [6.45, 7) is 4.56. The summed E-state index contributed by atoms with van der Waals surface area (Å²) in [7, 11) is 0. The molecule has 0 spiro atoms. The Morgan fingerprint density at radius 2 is 1.88 bits per heavy atom. The van der Waals surface area contributed by atoms with Crippen molar-refractivity contribution < 1.29 is 0 Å². The molecular weight excluding hydrogens is 216 g/mol. The summed E-state index contributed by atoms with van der Waals surface area (Å²) in [4.78, 5) is 0. The van der Waals surface area contributed by atoms with Crippen LogP contribution in [0, 0.1) is 5.92 Å². The van der Waals surface area contributed by atoms with Crippen molar-refractivity contribution in [1.82, 2.24) is 5.43 Å². The Hall–Kier alpha value is 0.270. The van der Waals surface area contributed by atoms with Gasteiger partial charge in [-0.1, -0.05) is 33.1 Å². The number of rotatable bonds is 7. The molecule has 1 aliphatic rings. The van der Waals surface area contributed by atoms with E-state index in [2.05, 4.69) is 31.0 Å². The van der Waals surface area contributed by atoms with Crippen molar-refractivity contribution in [2.75, 3.05) is 5.75 Å². The van der Waals surface area contributed by atoms with Gasteiger partial charge in [-0.25, -0.2) is 0 Å². The van der Waals surface area contributed by atoms with E-state index in [9.17, 15) is 0 Å². The molecule has 0 bridgehead atoms. The fourth-order valence-corrected chi connectivity index (χ4v) is 3.67. The van der Waals surface area contributed by atoms with Crippen LogP contribution in [0.1, 0.15) is 58.8 Å². The van der Waals surface area contributed by atoms with Crippen LogP contribution in [-0.4, -0.2) is 17.0 Å². The standard InChI is InChI=1S/C13H28N2S/c1-11(2)8-9-12(15-14)10-16-13-6-4-3-5-7-13/h11-13,15H,3-10,14H2,1-2H3. The van der Waals surface area contributed by atoms with E-state index < -0.39 is 0 Å². The van der Waals surface area contributed by atoms with Crippen molar-refractivity contribution in [1.29, 1.82) is 0 Å². The van der Waals surface area contributed by atoms with Gasteiger partial charge in [-0.05, 0) is 31.6 Å². The summed E-state index contributed by atoms with van der Waals surface area (Å²) >= 11 is 2.14. The van der Waals surface area contributed by atoms with Gasteiger partial charge < -0.3 is 0 Å². The zero-order chi connectivity index (χ0) is 11.8. The van der Waals surface area contributed by atoms with Gasteiger partial charge in [-0.15, -0.1) is 0 Å². The first-order valence-electron chi connectivity index (χ1n) is 6.80. The highest BCUT2D eigenvalue weighted by Gasteiger charge is 2.16. The van der Waals surface area contributed by atoms with Crippen LogP contribution >= 0.6 is 11.8 Å². The molecule has 1 unspecified atom stereocenters. The minimum atomic E-state index is 0.509. The van der Waals surface area contributed by atoms with Crippen molar-refractivity contribution in [2.45, 2.75) is 70.1 Å². The number of nitrogens with one attached hydrogen (secondary N) is 1. The Bertz CT molecular complexity index is 167. The molecule has 1 rings (SSSR count). The van der Waals surface area contributed by atoms with Gasteiger partial charge in [-0.3, -0.25) is 11.3 Å². The van der Waals surface area contributed by atoms with E-state index in [0.29, 0.717) is 6.04 Å². The smallest absolute Gasteiger partial charge is 0.0301 e. The first kappa shape index (κ1) is 14.3. The molecule has 0 heterocycles. The van der Waals surface area contributed by atoms with Crippen LogP contribution < -0.4 is 11.3 Å². The number of hydrazine groups is 1. The predicted octanol–water partition coefficient (Wildman–Crippen LogP) is 3.32. The van der Waals surface area contributed by atoms with E-state index >= 15 is 0 Å². The second-order valence-corrected chi connectivity index (χ2v) is 6.76. The van der Waals surface area contributed by atoms with Gasteiger partial charge in [0.15, 0.2) is 0 Å². The number of hydrogen-bond donors (Lipinski definition) is 2. The van der Waals surface area contributed by atoms with E-state index in [0.717, 1.165) is 11.2 Å². The highest BCUT2D eigenvalue weighted by molar-refractivity contribution is 7.99. The van der Waals surface area contributed by atoms with Gasteiger partial charge in [0.05, 0.1) is 0 Å². The summed E-state index contributed by atoms with van der Waals surface area (Å²) in [6.07, 6.45) is 9.66. The molecular formula is C13H28N2S. The lowest BCUT2D eigenvalue weighted by molar-refractivity contribution is 0.461. The molecule has 0 aliphatic heterocycles. The molecule has 1 saturated carbocycles. The van der Waals surface area contributed by atoms with Crippen molar-refractivity contribution in [3.05, 3.63) is 0 Å². The second kappa shape index (κ2) is 8.37. The Morgan fingerprint density at radius 1 is 1.19 bits per heavy atom. The fraction of sp³-hybridized carbons (Fsp3) is 1.00. The largest absolute Gasteiger partial charge is 0.271 e. The molecule has 1 aliphatic carbocycles. The van der Waals surface area contributed by atoms with Crippen LogP contribution in [0.2, 0.25) is 0 Å². The highest BCUT2D eigenvalue weighted by Crippen LogP contribution is 2.29. The molecule has 96 valence electrons. The molecule has 0 radical (unpaired) electrons. The van der Waals surface area contributed by atoms with Crippen LogP contribution in [0.3, 0.4) is 0 Å². The lowest BCUT2D eigenvalue weighted by atomic mass is 10.0. The van der Waals surface area contributed by atoms with E-state index in [1.54, 1.807) is 0 Å². The molecule has 1 atom stereocenters. The van der Waals surface area contributed by atoms with Gasteiger partial charge in [0.2, 0.25) is 0 Å². The van der Waals surface area contributed by atoms with Crippen molar-refractivity contribution in [3.63, 3.8) is 0 Å². The van der Waals surface area contributed by atoms with Gasteiger partial charge in [-0.2, -0.15) is 11.8 Å². The molecule has 1 fully saturated rings. The molecule has 3 heteroatoms. The maximum atomic E-state index is 5.61. The lowest BCUT2D eigenvalue weighted by Gasteiger charge is -2.24. The predicted molar refractivity (Wildman–Crippen MR) is 74.5 cm³/mol. The summed E-state index contributed by atoms with van der Waals surface area (Å²) in [5, 5.41) is 0.906. The van der Waals surface area contributed by atoms with E-state index in [4.69, 9.17) is 5.84 Å². The SMILES string of the molecule is CC(C)CCC(CSC1CCCCC1)NN. The summed E-state index contributed by atoms with van der Waals surface area (Å²) in [6, 6.07) is 0.509. The first-order valence-corrected chi connectivity index (χ1v) is 7.85. The zero-order valence-corrected chi connectivity index (χ0v) is 11.7. The Labute approximate surface area is 105 Å². The molecule has 3 N–H and O–H groups in total. The lowest BCUT2D eigenvalue weighted by Crippen LogP contribution is -2.37. The molecule has 0 aromatic heterocycles. The number of thioether (sulfide) groups is 1. The quantitative estimate of drug-likeness (QED) is 0.533. The number of nitrogens with two attached hydrogens (primary N) is 1. The van der Waals surface area contributed by atoms with Crippen LogP contribution in [0.5, 0.6) is 0 Å². The fourth-order valence-electron chi connectivity index (χ4n) is 2.23. The third-order valence-electron chi connectivity index (χ3n) is 3.41. The monoisotopic (exact) mass is 244 g/mol. The Kier molecular flexibility index (Phi) is 7.50. The molecule has 0 saturated heterocycles. The van der Waals surface area contributed by atoms with E-state index in [1.807, 2.05) is 0 Å². The molecule has 2 nitrogen and oxygen atoms in total. The Morgan fingerprint density at radius 3 is 2.44 bits per heavy atom. The summed E-state index contributed by atoms with van der Waals surface area (Å²) in [5.41, 5.74) is 2.98. The minimum absolute atomic E-state index is 0.509. The zero-order valence-electron chi connectivity index (χ0n) is 10.9. The van der Waals surface area contributed by atoms with E-state index in [1.165, 1.54) is 50.7 Å². The highest BCUT2D eigenvalue weighted by atomic mass is 32.2. The first-order chi connectivity index (χ1) is 7.72. The maximum absolute atomic E-state index is 5.61. The average Bonchev–Trinajstić information content (AvgIpc) is 2.30. The third kappa shape index (κ3) is 6.12. The minimum Gasteiger partial charge on any atom is -0.271 e. The topological polar surface area (TPSA) is 38.0 Å². The van der Waals surface area contributed by atoms with Crippen LogP contribution in [0.4, 0.5) is 0 Å². The van der Waals surface area contributed by atoms with Crippen molar-refractivity contribution in [2.24, 2.45) is 11.8 Å². The molecule has 0 amide bonds. The second-order valence-electron chi connectivity index (χ2n) is 5.43. The maximum Gasteiger partial charge on any atom is 0.0301 e. The van der Waals surface area contributed by atoms with Gasteiger partial charge in [0.1, 0.15) is 0 Å².